The molecule has 0 aliphatic carbocycles. The van der Waals surface area contributed by atoms with Crippen molar-refractivity contribution in [2.45, 2.75) is 25.2 Å². The molecule has 2 heterocycles. The lowest BCUT2D eigenvalue weighted by Gasteiger charge is -2.37. The Balaban J connectivity index is 1.44. The Bertz CT molecular complexity index is 839. The number of carbonyl (C=O) groups excluding carboxylic acids is 1. The second-order valence-corrected chi connectivity index (χ2v) is 7.88. The van der Waals surface area contributed by atoms with E-state index in [2.05, 4.69) is 4.90 Å². The first kappa shape index (κ1) is 18.9. The molecule has 2 aliphatic rings. The van der Waals surface area contributed by atoms with Crippen molar-refractivity contribution < 1.29 is 14.3 Å². The van der Waals surface area contributed by atoms with E-state index < -0.39 is 0 Å². The van der Waals surface area contributed by atoms with Crippen LogP contribution in [0, 0.1) is 0 Å². The first-order chi connectivity index (χ1) is 13.0. The minimum Gasteiger partial charge on any atom is -0.347 e. The zero-order valence-corrected chi connectivity index (χ0v) is 16.4. The monoisotopic (exact) mass is 405 g/mol. The number of halogens is 2. The fourth-order valence-electron chi connectivity index (χ4n) is 3.74. The molecule has 2 aromatic carbocycles. The molecule has 1 spiro atoms. The van der Waals surface area contributed by atoms with E-state index >= 15 is 0 Å². The maximum atomic E-state index is 12.8. The predicted molar refractivity (Wildman–Crippen MR) is 105 cm³/mol. The van der Waals surface area contributed by atoms with Gasteiger partial charge in [0.25, 0.3) is 0 Å². The van der Waals surface area contributed by atoms with Crippen molar-refractivity contribution >= 4 is 29.0 Å². The maximum absolute atomic E-state index is 12.8. The van der Waals surface area contributed by atoms with Crippen LogP contribution in [0.5, 0.6) is 0 Å². The van der Waals surface area contributed by atoms with Crippen LogP contribution in [0.2, 0.25) is 10.0 Å². The fraction of sp³-hybridized carbons (Fsp3) is 0.381. The van der Waals surface area contributed by atoms with E-state index in [0.29, 0.717) is 34.4 Å². The van der Waals surface area contributed by atoms with Gasteiger partial charge in [0.2, 0.25) is 0 Å². The number of nitrogens with zero attached hydrogens (tertiary/aromatic N) is 1. The van der Waals surface area contributed by atoms with E-state index in [0.717, 1.165) is 38.0 Å². The van der Waals surface area contributed by atoms with Crippen molar-refractivity contribution in [1.82, 2.24) is 4.90 Å². The standard InChI is InChI=1S/C21H21Cl2NO3/c22-17-4-5-18(19(23)13-17)20(25)16-3-1-2-15(12-16)14-24-8-6-21(7-9-24)26-10-11-27-21/h1-5,12-13H,6-11,14H2. The second-order valence-electron chi connectivity index (χ2n) is 7.04. The van der Waals surface area contributed by atoms with Gasteiger partial charge in [0.1, 0.15) is 0 Å². The smallest absolute Gasteiger partial charge is 0.194 e. The predicted octanol–water partition coefficient (Wildman–Crippen LogP) is 4.56. The molecule has 2 saturated heterocycles. The molecule has 27 heavy (non-hydrogen) atoms. The lowest BCUT2D eigenvalue weighted by Crippen LogP contribution is -2.44. The summed E-state index contributed by atoms with van der Waals surface area (Å²) in [5.74, 6) is -0.455. The number of ether oxygens (including phenoxy) is 2. The summed E-state index contributed by atoms with van der Waals surface area (Å²) >= 11 is 12.1. The van der Waals surface area contributed by atoms with E-state index in [1.165, 1.54) is 0 Å². The van der Waals surface area contributed by atoms with Gasteiger partial charge >= 0.3 is 0 Å². The average molecular weight is 406 g/mol. The Labute approximate surface area is 169 Å². The Morgan fingerprint density at radius 2 is 1.78 bits per heavy atom. The zero-order valence-electron chi connectivity index (χ0n) is 14.9. The van der Waals surface area contributed by atoms with Gasteiger partial charge < -0.3 is 9.47 Å². The Morgan fingerprint density at radius 3 is 2.48 bits per heavy atom. The number of hydrogen-bond donors (Lipinski definition) is 0. The Hall–Kier alpha value is -1.43. The Morgan fingerprint density at radius 1 is 1.04 bits per heavy atom. The van der Waals surface area contributed by atoms with Gasteiger partial charge in [-0.2, -0.15) is 0 Å². The van der Waals surface area contributed by atoms with Gasteiger partial charge in [0.15, 0.2) is 11.6 Å². The number of likely N-dealkylation sites (tertiary alicyclic amines) is 1. The highest BCUT2D eigenvalue weighted by Gasteiger charge is 2.39. The summed E-state index contributed by atoms with van der Waals surface area (Å²) in [6, 6.07) is 12.7. The molecule has 0 bridgehead atoms. The third kappa shape index (κ3) is 4.20. The van der Waals surface area contributed by atoms with Crippen LogP contribution in [-0.2, 0) is 16.0 Å². The van der Waals surface area contributed by atoms with E-state index in [1.54, 1.807) is 18.2 Å². The molecule has 0 amide bonds. The van der Waals surface area contributed by atoms with Gasteiger partial charge in [0, 0.05) is 48.6 Å². The molecule has 2 aliphatic heterocycles. The lowest BCUT2D eigenvalue weighted by atomic mass is 10.00. The quantitative estimate of drug-likeness (QED) is 0.698. The van der Waals surface area contributed by atoms with Gasteiger partial charge in [0.05, 0.1) is 18.2 Å². The first-order valence-corrected chi connectivity index (χ1v) is 9.89. The highest BCUT2D eigenvalue weighted by Crippen LogP contribution is 2.32. The molecule has 0 radical (unpaired) electrons. The molecule has 0 unspecified atom stereocenters. The van der Waals surface area contributed by atoms with Gasteiger partial charge in [-0.15, -0.1) is 0 Å². The second kappa shape index (κ2) is 7.90. The minimum absolute atomic E-state index is 0.0936. The van der Waals surface area contributed by atoms with Crippen LogP contribution in [0.4, 0.5) is 0 Å². The van der Waals surface area contributed by atoms with Crippen molar-refractivity contribution in [2.75, 3.05) is 26.3 Å². The molecule has 0 aromatic heterocycles. The summed E-state index contributed by atoms with van der Waals surface area (Å²) in [6.45, 7) is 4.02. The molecule has 0 saturated carbocycles. The van der Waals surface area contributed by atoms with Crippen molar-refractivity contribution in [1.29, 1.82) is 0 Å². The van der Waals surface area contributed by atoms with Crippen LogP contribution in [0.1, 0.15) is 34.3 Å². The van der Waals surface area contributed by atoms with E-state index in [4.69, 9.17) is 32.7 Å². The first-order valence-electron chi connectivity index (χ1n) is 9.14. The van der Waals surface area contributed by atoms with Gasteiger partial charge in [-0.1, -0.05) is 41.4 Å². The summed E-state index contributed by atoms with van der Waals surface area (Å²) in [6.07, 6.45) is 1.76. The summed E-state index contributed by atoms with van der Waals surface area (Å²) < 4.78 is 11.6. The van der Waals surface area contributed by atoms with Crippen LogP contribution in [0.3, 0.4) is 0 Å². The normalized spacial score (nSPS) is 19.5. The summed E-state index contributed by atoms with van der Waals surface area (Å²) in [5, 5.41) is 0.888. The molecule has 4 rings (SSSR count). The SMILES string of the molecule is O=C(c1cccc(CN2CCC3(CC2)OCCO3)c1)c1ccc(Cl)cc1Cl. The van der Waals surface area contributed by atoms with Gasteiger partial charge in [-0.05, 0) is 29.8 Å². The molecule has 2 aromatic rings. The number of benzene rings is 2. The molecule has 0 N–H and O–H groups in total. The average Bonchev–Trinajstić information content (AvgIpc) is 3.12. The highest BCUT2D eigenvalue weighted by molar-refractivity contribution is 6.37. The van der Waals surface area contributed by atoms with Crippen molar-refractivity contribution in [3.8, 4) is 0 Å². The van der Waals surface area contributed by atoms with Crippen LogP contribution >= 0.6 is 23.2 Å². The molecule has 2 fully saturated rings. The fourth-order valence-corrected chi connectivity index (χ4v) is 4.23. The van der Waals surface area contributed by atoms with E-state index in [1.807, 2.05) is 24.3 Å². The molecule has 6 heteroatoms. The van der Waals surface area contributed by atoms with Gasteiger partial charge in [-0.25, -0.2) is 0 Å². The number of rotatable bonds is 4. The van der Waals surface area contributed by atoms with Crippen LogP contribution in [-0.4, -0.2) is 42.8 Å². The Kier molecular flexibility index (Phi) is 5.53. The van der Waals surface area contributed by atoms with E-state index in [-0.39, 0.29) is 11.6 Å². The largest absolute Gasteiger partial charge is 0.347 e. The summed E-state index contributed by atoms with van der Waals surface area (Å²) in [7, 11) is 0. The molecule has 0 atom stereocenters. The lowest BCUT2D eigenvalue weighted by molar-refractivity contribution is -0.185. The molecule has 4 nitrogen and oxygen atoms in total. The van der Waals surface area contributed by atoms with Crippen molar-refractivity contribution in [3.63, 3.8) is 0 Å². The maximum Gasteiger partial charge on any atom is 0.194 e. The third-order valence-corrected chi connectivity index (χ3v) is 5.75. The molecular weight excluding hydrogens is 385 g/mol. The summed E-state index contributed by atoms with van der Waals surface area (Å²) in [4.78, 5) is 15.2. The molecular formula is C21H21Cl2NO3. The van der Waals surface area contributed by atoms with Crippen LogP contribution in [0.15, 0.2) is 42.5 Å². The number of piperidine rings is 1. The number of ketones is 1. The third-order valence-electron chi connectivity index (χ3n) is 5.20. The molecule has 142 valence electrons. The van der Waals surface area contributed by atoms with E-state index in [9.17, 15) is 4.79 Å². The summed E-state index contributed by atoms with van der Waals surface area (Å²) in [5.41, 5.74) is 2.21. The topological polar surface area (TPSA) is 38.8 Å². The number of carbonyl (C=O) groups is 1. The van der Waals surface area contributed by atoms with Crippen LogP contribution < -0.4 is 0 Å². The zero-order chi connectivity index (χ0) is 18.9. The van der Waals surface area contributed by atoms with Crippen LogP contribution in [0.25, 0.3) is 0 Å². The minimum atomic E-state index is -0.361. The van der Waals surface area contributed by atoms with Crippen molar-refractivity contribution in [3.05, 3.63) is 69.2 Å². The number of hydrogen-bond acceptors (Lipinski definition) is 4. The van der Waals surface area contributed by atoms with Crippen molar-refractivity contribution in [2.24, 2.45) is 0 Å². The van der Waals surface area contributed by atoms with Gasteiger partial charge in [-0.3, -0.25) is 9.69 Å². The highest BCUT2D eigenvalue weighted by atomic mass is 35.5.